The summed E-state index contributed by atoms with van der Waals surface area (Å²) >= 11 is 0. The third kappa shape index (κ3) is 4.65. The number of anilines is 2. The number of rotatable bonds is 7. The molecule has 2 aromatic heterocycles. The second-order valence-electron chi connectivity index (χ2n) is 7.09. The number of nitrogens with one attached hydrogen (secondary N) is 2. The number of pyridine rings is 1. The molecule has 0 saturated heterocycles. The Morgan fingerprint density at radius 1 is 1.10 bits per heavy atom. The predicted molar refractivity (Wildman–Crippen MR) is 119 cm³/mol. The summed E-state index contributed by atoms with van der Waals surface area (Å²) in [5.41, 5.74) is 4.12. The normalized spacial score (nSPS) is 10.8. The van der Waals surface area contributed by atoms with Gasteiger partial charge in [0, 0.05) is 37.6 Å². The molecule has 31 heavy (non-hydrogen) atoms. The average molecular weight is 417 g/mol. The molecule has 0 saturated carbocycles. The van der Waals surface area contributed by atoms with Crippen molar-refractivity contribution in [3.05, 3.63) is 72.1 Å². The number of imidazole rings is 1. The Hall–Kier alpha value is -3.91. The number of nitrogens with zero attached hydrogens (tertiary/aromatic N) is 3. The van der Waals surface area contributed by atoms with Gasteiger partial charge in [-0.2, -0.15) is 0 Å². The molecular weight excluding hydrogens is 394 g/mol. The highest BCUT2D eigenvalue weighted by Gasteiger charge is 2.11. The van der Waals surface area contributed by atoms with Crippen molar-refractivity contribution in [2.45, 2.75) is 6.92 Å². The van der Waals surface area contributed by atoms with E-state index in [4.69, 9.17) is 9.84 Å². The number of amides is 1. The number of benzene rings is 2. The summed E-state index contributed by atoms with van der Waals surface area (Å²) in [6.07, 6.45) is 1.51. The molecule has 4 aromatic rings. The number of fused-ring (bicyclic) bond motifs is 1. The zero-order valence-electron chi connectivity index (χ0n) is 17.3. The van der Waals surface area contributed by atoms with Crippen molar-refractivity contribution < 1.29 is 14.6 Å². The lowest BCUT2D eigenvalue weighted by atomic mass is 10.2. The summed E-state index contributed by atoms with van der Waals surface area (Å²) in [6, 6.07) is 17.0. The molecule has 0 spiro atoms. The number of aryl methyl sites for hydroxylation is 2. The van der Waals surface area contributed by atoms with Crippen molar-refractivity contribution in [3.8, 4) is 11.5 Å². The van der Waals surface area contributed by atoms with Gasteiger partial charge in [-0.25, -0.2) is 4.98 Å². The maximum absolute atomic E-state index is 12.0. The number of aromatic nitrogens is 3. The van der Waals surface area contributed by atoms with Crippen LogP contribution >= 0.6 is 0 Å². The molecule has 8 heteroatoms. The summed E-state index contributed by atoms with van der Waals surface area (Å²) < 4.78 is 7.90. The lowest BCUT2D eigenvalue weighted by Crippen LogP contribution is -2.27. The van der Waals surface area contributed by atoms with Crippen LogP contribution in [0.4, 0.5) is 11.6 Å². The van der Waals surface area contributed by atoms with Crippen LogP contribution < -0.4 is 15.4 Å². The Bertz CT molecular complexity index is 1220. The van der Waals surface area contributed by atoms with Gasteiger partial charge in [0.05, 0.1) is 17.6 Å². The Morgan fingerprint density at radius 3 is 2.65 bits per heavy atom. The number of ether oxygens (including phenoxy) is 1. The van der Waals surface area contributed by atoms with Gasteiger partial charge >= 0.3 is 0 Å². The maximum atomic E-state index is 12.0. The first kappa shape index (κ1) is 20.4. The van der Waals surface area contributed by atoms with Crippen LogP contribution in [-0.4, -0.2) is 38.7 Å². The first-order chi connectivity index (χ1) is 15.0. The van der Waals surface area contributed by atoms with Gasteiger partial charge < -0.3 is 25.0 Å². The molecule has 3 N–H and O–H groups in total. The van der Waals surface area contributed by atoms with Gasteiger partial charge in [0.25, 0.3) is 5.91 Å². The molecule has 4 rings (SSSR count). The van der Waals surface area contributed by atoms with Crippen molar-refractivity contribution in [3.63, 3.8) is 0 Å². The van der Waals surface area contributed by atoms with E-state index in [0.717, 1.165) is 22.7 Å². The highest BCUT2D eigenvalue weighted by Crippen LogP contribution is 2.28. The highest BCUT2D eigenvalue weighted by molar-refractivity contribution is 5.92. The predicted octanol–water partition coefficient (Wildman–Crippen LogP) is 3.53. The van der Waals surface area contributed by atoms with Gasteiger partial charge in [-0.05, 0) is 37.3 Å². The number of hydrogen-bond donors (Lipinski definition) is 3. The van der Waals surface area contributed by atoms with Gasteiger partial charge in [0.2, 0.25) is 5.95 Å². The highest BCUT2D eigenvalue weighted by atomic mass is 16.5. The minimum Gasteiger partial charge on any atom is -0.457 e. The maximum Gasteiger partial charge on any atom is 0.270 e. The van der Waals surface area contributed by atoms with Crippen LogP contribution in [0.25, 0.3) is 11.0 Å². The minimum atomic E-state index is -0.369. The van der Waals surface area contributed by atoms with Crippen LogP contribution in [0, 0.1) is 6.92 Å². The SMILES string of the molecule is Cc1ccc(Nc2nc3cc(Oc4ccnc(C(=O)NCCO)c4)ccc3n2C)cc1. The van der Waals surface area contributed by atoms with E-state index in [0.29, 0.717) is 11.5 Å². The van der Waals surface area contributed by atoms with Crippen LogP contribution in [-0.2, 0) is 7.05 Å². The largest absolute Gasteiger partial charge is 0.457 e. The van der Waals surface area contributed by atoms with E-state index in [9.17, 15) is 4.79 Å². The summed E-state index contributed by atoms with van der Waals surface area (Å²) in [4.78, 5) is 20.8. The van der Waals surface area contributed by atoms with Crippen molar-refractivity contribution in [1.29, 1.82) is 0 Å². The van der Waals surface area contributed by atoms with Crippen molar-refractivity contribution >= 4 is 28.6 Å². The van der Waals surface area contributed by atoms with Crippen molar-refractivity contribution in [2.75, 3.05) is 18.5 Å². The molecule has 0 aliphatic heterocycles. The molecule has 8 nitrogen and oxygen atoms in total. The van der Waals surface area contributed by atoms with Gasteiger partial charge in [0.15, 0.2) is 0 Å². The van der Waals surface area contributed by atoms with Crippen molar-refractivity contribution in [1.82, 2.24) is 19.9 Å². The van der Waals surface area contributed by atoms with E-state index in [1.807, 2.05) is 61.0 Å². The molecule has 2 heterocycles. The lowest BCUT2D eigenvalue weighted by Gasteiger charge is -2.08. The molecule has 0 bridgehead atoms. The van der Waals surface area contributed by atoms with E-state index in [1.165, 1.54) is 11.8 Å². The zero-order valence-corrected chi connectivity index (χ0v) is 17.3. The van der Waals surface area contributed by atoms with E-state index < -0.39 is 0 Å². The van der Waals surface area contributed by atoms with Crippen LogP contribution in [0.2, 0.25) is 0 Å². The van der Waals surface area contributed by atoms with Gasteiger partial charge in [0.1, 0.15) is 17.2 Å². The van der Waals surface area contributed by atoms with Crippen LogP contribution in [0.15, 0.2) is 60.8 Å². The third-order valence-electron chi connectivity index (χ3n) is 4.76. The summed E-state index contributed by atoms with van der Waals surface area (Å²) in [7, 11) is 1.95. The summed E-state index contributed by atoms with van der Waals surface area (Å²) in [5.74, 6) is 1.44. The monoisotopic (exact) mass is 417 g/mol. The fourth-order valence-electron chi connectivity index (χ4n) is 3.12. The fraction of sp³-hybridized carbons (Fsp3) is 0.174. The number of carbonyl (C=O) groups is 1. The second kappa shape index (κ2) is 8.85. The standard InChI is InChI=1S/C23H23N5O3/c1-15-3-5-16(6-4-15)26-23-27-19-13-17(7-8-21(19)28(23)2)31-18-9-10-24-20(14-18)22(30)25-11-12-29/h3-10,13-14,29H,11-12H2,1-2H3,(H,25,30)(H,26,27). The molecule has 0 atom stereocenters. The Balaban J connectivity index is 1.54. The van der Waals surface area contributed by atoms with E-state index in [2.05, 4.69) is 20.6 Å². The summed E-state index contributed by atoms with van der Waals surface area (Å²) in [5, 5.41) is 14.7. The molecular formula is C23H23N5O3. The number of carbonyl (C=O) groups excluding carboxylic acids is 1. The van der Waals surface area contributed by atoms with Crippen LogP contribution in [0.1, 0.15) is 16.1 Å². The quantitative estimate of drug-likeness (QED) is 0.425. The van der Waals surface area contributed by atoms with Crippen molar-refractivity contribution in [2.24, 2.45) is 7.05 Å². The first-order valence-corrected chi connectivity index (χ1v) is 9.86. The molecule has 0 radical (unpaired) electrons. The Labute approximate surface area is 179 Å². The lowest BCUT2D eigenvalue weighted by molar-refractivity contribution is 0.0939. The molecule has 1 amide bonds. The third-order valence-corrected chi connectivity index (χ3v) is 4.76. The fourth-order valence-corrected chi connectivity index (χ4v) is 3.12. The Kier molecular flexibility index (Phi) is 5.81. The van der Waals surface area contributed by atoms with Gasteiger partial charge in [-0.3, -0.25) is 9.78 Å². The number of hydrogen-bond acceptors (Lipinski definition) is 6. The number of aliphatic hydroxyl groups excluding tert-OH is 1. The smallest absolute Gasteiger partial charge is 0.270 e. The molecule has 158 valence electrons. The summed E-state index contributed by atoms with van der Waals surface area (Å²) in [6.45, 7) is 2.08. The average Bonchev–Trinajstić information content (AvgIpc) is 3.08. The molecule has 0 unspecified atom stereocenters. The van der Waals surface area contributed by atoms with E-state index in [-0.39, 0.29) is 24.8 Å². The molecule has 2 aromatic carbocycles. The van der Waals surface area contributed by atoms with Gasteiger partial charge in [-0.15, -0.1) is 0 Å². The van der Waals surface area contributed by atoms with Crippen LogP contribution in [0.5, 0.6) is 11.5 Å². The number of aliphatic hydroxyl groups is 1. The second-order valence-corrected chi connectivity index (χ2v) is 7.09. The Morgan fingerprint density at radius 2 is 1.87 bits per heavy atom. The minimum absolute atomic E-state index is 0.132. The topological polar surface area (TPSA) is 101 Å². The van der Waals surface area contributed by atoms with Gasteiger partial charge in [-0.1, -0.05) is 17.7 Å². The first-order valence-electron chi connectivity index (χ1n) is 9.86. The molecule has 0 aliphatic rings. The molecule has 0 aliphatic carbocycles. The van der Waals surface area contributed by atoms with Crippen LogP contribution in [0.3, 0.4) is 0 Å². The molecule has 0 fully saturated rings. The van der Waals surface area contributed by atoms with E-state index in [1.54, 1.807) is 12.1 Å². The van der Waals surface area contributed by atoms with E-state index >= 15 is 0 Å². The zero-order chi connectivity index (χ0) is 21.8.